The summed E-state index contributed by atoms with van der Waals surface area (Å²) in [6, 6.07) is 16.1. The fourth-order valence-electron chi connectivity index (χ4n) is 3.39. The summed E-state index contributed by atoms with van der Waals surface area (Å²) in [5, 5.41) is 4.05. The number of ether oxygens (including phenoxy) is 1. The Morgan fingerprint density at radius 1 is 1.19 bits per heavy atom. The molecule has 0 aliphatic carbocycles. The summed E-state index contributed by atoms with van der Waals surface area (Å²) in [5.74, 6) is 0.800. The van der Waals surface area contributed by atoms with Gasteiger partial charge in [0.2, 0.25) is 0 Å². The van der Waals surface area contributed by atoms with Gasteiger partial charge in [0, 0.05) is 49.1 Å². The molecule has 1 aliphatic heterocycles. The molecule has 2 aromatic heterocycles. The predicted octanol–water partition coefficient (Wildman–Crippen LogP) is 3.69. The molecule has 0 amide bonds. The first-order chi connectivity index (χ1) is 12.8. The van der Waals surface area contributed by atoms with Crippen molar-refractivity contribution in [3.05, 3.63) is 78.4 Å². The highest BCUT2D eigenvalue weighted by atomic mass is 32.1. The number of aromatic nitrogens is 2. The van der Waals surface area contributed by atoms with Crippen LogP contribution in [0.15, 0.2) is 67.1 Å². The van der Waals surface area contributed by atoms with Gasteiger partial charge in [-0.3, -0.25) is 4.98 Å². The maximum Gasteiger partial charge on any atom is 0.174 e. The first-order valence-electron chi connectivity index (χ1n) is 8.53. The van der Waals surface area contributed by atoms with Crippen LogP contribution < -0.4 is 10.1 Å². The Kier molecular flexibility index (Phi) is 4.58. The van der Waals surface area contributed by atoms with E-state index >= 15 is 0 Å². The van der Waals surface area contributed by atoms with E-state index in [1.165, 1.54) is 5.69 Å². The van der Waals surface area contributed by atoms with Crippen molar-refractivity contribution in [2.45, 2.75) is 12.6 Å². The molecule has 1 N–H and O–H groups in total. The third kappa shape index (κ3) is 3.15. The minimum atomic E-state index is 0.0399. The first-order valence-corrected chi connectivity index (χ1v) is 8.94. The van der Waals surface area contributed by atoms with Crippen molar-refractivity contribution in [2.75, 3.05) is 19.0 Å². The third-order valence-corrected chi connectivity index (χ3v) is 4.96. The summed E-state index contributed by atoms with van der Waals surface area (Å²) in [5.41, 5.74) is 3.27. The molecule has 0 radical (unpaired) electrons. The molecule has 6 heteroatoms. The van der Waals surface area contributed by atoms with Crippen LogP contribution >= 0.6 is 12.2 Å². The summed E-state index contributed by atoms with van der Waals surface area (Å²) in [6.07, 6.45) is 5.82. The van der Waals surface area contributed by atoms with E-state index in [1.54, 1.807) is 13.3 Å². The number of anilines is 1. The van der Waals surface area contributed by atoms with E-state index in [9.17, 15) is 0 Å². The molecule has 0 bridgehead atoms. The van der Waals surface area contributed by atoms with Crippen LogP contribution in [0.4, 0.5) is 5.69 Å². The number of thiocarbonyl (C=S) groups is 1. The van der Waals surface area contributed by atoms with Crippen molar-refractivity contribution >= 4 is 23.0 Å². The lowest BCUT2D eigenvalue weighted by Crippen LogP contribution is -2.44. The second kappa shape index (κ2) is 7.17. The fraction of sp³-hybridized carbons (Fsp3) is 0.200. The van der Waals surface area contributed by atoms with E-state index < -0.39 is 0 Å². The van der Waals surface area contributed by atoms with E-state index in [1.807, 2.05) is 36.5 Å². The van der Waals surface area contributed by atoms with Gasteiger partial charge in [0.1, 0.15) is 5.75 Å². The summed E-state index contributed by atoms with van der Waals surface area (Å²) in [4.78, 5) is 6.52. The van der Waals surface area contributed by atoms with Crippen LogP contribution in [0.2, 0.25) is 0 Å². The van der Waals surface area contributed by atoms with Crippen molar-refractivity contribution in [1.82, 2.24) is 14.5 Å². The second-order valence-electron chi connectivity index (χ2n) is 6.17. The van der Waals surface area contributed by atoms with Crippen molar-refractivity contribution in [3.63, 3.8) is 0 Å². The summed E-state index contributed by atoms with van der Waals surface area (Å²) in [7, 11) is 1.66. The zero-order chi connectivity index (χ0) is 17.9. The van der Waals surface area contributed by atoms with Crippen molar-refractivity contribution in [1.29, 1.82) is 0 Å². The summed E-state index contributed by atoms with van der Waals surface area (Å²) in [6.45, 7) is 1.73. The minimum absolute atomic E-state index is 0.0399. The molecule has 0 spiro atoms. The summed E-state index contributed by atoms with van der Waals surface area (Å²) >= 11 is 5.76. The van der Waals surface area contributed by atoms with E-state index in [0.717, 1.165) is 30.1 Å². The Morgan fingerprint density at radius 3 is 2.92 bits per heavy atom. The average Bonchev–Trinajstić information content (AvgIpc) is 3.16. The molecule has 3 aromatic rings. The highest BCUT2D eigenvalue weighted by Crippen LogP contribution is 2.32. The molecule has 26 heavy (non-hydrogen) atoms. The summed E-state index contributed by atoms with van der Waals surface area (Å²) < 4.78 is 7.58. The van der Waals surface area contributed by atoms with Gasteiger partial charge in [-0.25, -0.2) is 0 Å². The second-order valence-corrected chi connectivity index (χ2v) is 6.56. The Bertz CT molecular complexity index is 909. The third-order valence-electron chi connectivity index (χ3n) is 4.62. The number of hydrogen-bond donors (Lipinski definition) is 1. The molecule has 0 unspecified atom stereocenters. The van der Waals surface area contributed by atoms with Gasteiger partial charge in [0.25, 0.3) is 0 Å². The minimum Gasteiger partial charge on any atom is -0.497 e. The molecular formula is C20H20N4OS. The van der Waals surface area contributed by atoms with Crippen LogP contribution in [0.3, 0.4) is 0 Å². The molecule has 0 saturated heterocycles. The van der Waals surface area contributed by atoms with Gasteiger partial charge in [0.05, 0.1) is 13.2 Å². The molecule has 1 atom stereocenters. The van der Waals surface area contributed by atoms with Crippen LogP contribution in [0.5, 0.6) is 5.75 Å². The van der Waals surface area contributed by atoms with Gasteiger partial charge in [-0.1, -0.05) is 12.1 Å². The average molecular weight is 364 g/mol. The van der Waals surface area contributed by atoms with Crippen LogP contribution in [0, 0.1) is 0 Å². The number of pyridine rings is 1. The van der Waals surface area contributed by atoms with Crippen molar-refractivity contribution in [3.8, 4) is 5.75 Å². The lowest BCUT2D eigenvalue weighted by molar-refractivity contribution is 0.293. The highest BCUT2D eigenvalue weighted by molar-refractivity contribution is 7.80. The van der Waals surface area contributed by atoms with Crippen molar-refractivity contribution in [2.24, 2.45) is 0 Å². The molecule has 5 nitrogen and oxygen atoms in total. The predicted molar refractivity (Wildman–Crippen MR) is 106 cm³/mol. The number of nitrogens with one attached hydrogen (secondary N) is 1. The zero-order valence-electron chi connectivity index (χ0n) is 14.5. The molecule has 1 aromatic carbocycles. The Balaban J connectivity index is 1.64. The quantitative estimate of drug-likeness (QED) is 0.718. The van der Waals surface area contributed by atoms with Gasteiger partial charge in [-0.05, 0) is 48.1 Å². The maximum absolute atomic E-state index is 5.76. The largest absolute Gasteiger partial charge is 0.497 e. The van der Waals surface area contributed by atoms with Crippen LogP contribution in [-0.2, 0) is 6.54 Å². The maximum atomic E-state index is 5.76. The Hall–Kier alpha value is -2.86. The molecule has 4 rings (SSSR count). The van der Waals surface area contributed by atoms with E-state index in [0.29, 0.717) is 5.11 Å². The molecule has 132 valence electrons. The van der Waals surface area contributed by atoms with Gasteiger partial charge in [-0.2, -0.15) is 0 Å². The number of fused-ring (bicyclic) bond motifs is 1. The fourth-order valence-corrected chi connectivity index (χ4v) is 3.70. The Labute approximate surface area is 158 Å². The van der Waals surface area contributed by atoms with Gasteiger partial charge in [0.15, 0.2) is 5.11 Å². The van der Waals surface area contributed by atoms with Crippen molar-refractivity contribution < 1.29 is 4.74 Å². The SMILES string of the molecule is COc1cccc(NC(=S)N2CCn3cccc3[C@H]2c2cccnc2)c1. The highest BCUT2D eigenvalue weighted by Gasteiger charge is 2.30. The van der Waals surface area contributed by atoms with Crippen LogP contribution in [0.25, 0.3) is 0 Å². The number of nitrogens with zero attached hydrogens (tertiary/aromatic N) is 3. The smallest absolute Gasteiger partial charge is 0.174 e. The molecule has 3 heterocycles. The number of benzene rings is 1. The van der Waals surface area contributed by atoms with Crippen LogP contribution in [-0.4, -0.2) is 33.2 Å². The van der Waals surface area contributed by atoms with E-state index in [-0.39, 0.29) is 6.04 Å². The van der Waals surface area contributed by atoms with Gasteiger partial charge in [-0.15, -0.1) is 0 Å². The lowest BCUT2D eigenvalue weighted by atomic mass is 10.0. The topological polar surface area (TPSA) is 42.3 Å². The van der Waals surface area contributed by atoms with E-state index in [4.69, 9.17) is 17.0 Å². The number of methoxy groups -OCH3 is 1. The van der Waals surface area contributed by atoms with Gasteiger partial charge >= 0.3 is 0 Å². The van der Waals surface area contributed by atoms with Crippen LogP contribution in [0.1, 0.15) is 17.3 Å². The van der Waals surface area contributed by atoms with Gasteiger partial charge < -0.3 is 19.5 Å². The lowest BCUT2D eigenvalue weighted by Gasteiger charge is -2.38. The van der Waals surface area contributed by atoms with E-state index in [2.05, 4.69) is 44.2 Å². The first kappa shape index (κ1) is 16.6. The monoisotopic (exact) mass is 364 g/mol. The zero-order valence-corrected chi connectivity index (χ0v) is 15.3. The Morgan fingerprint density at radius 2 is 2.12 bits per heavy atom. The number of hydrogen-bond acceptors (Lipinski definition) is 3. The normalized spacial score (nSPS) is 16.0. The molecule has 0 saturated carbocycles. The molecule has 1 aliphatic rings. The number of rotatable bonds is 3. The molecule has 0 fully saturated rings. The molecular weight excluding hydrogens is 344 g/mol. The standard InChI is InChI=1S/C20H20N4OS/c1-25-17-7-2-6-16(13-17)22-20(26)24-12-11-23-10-4-8-18(23)19(24)15-5-3-9-21-14-15/h2-10,13-14,19H,11-12H2,1H3,(H,22,26)/t19-/m1/s1.